The highest BCUT2D eigenvalue weighted by Crippen LogP contribution is 2.31. The topological polar surface area (TPSA) is 106 Å². The molecule has 0 radical (unpaired) electrons. The van der Waals surface area contributed by atoms with Crippen molar-refractivity contribution in [2.45, 2.75) is 13.5 Å². The molecule has 0 spiro atoms. The second-order valence-corrected chi connectivity index (χ2v) is 5.53. The van der Waals surface area contributed by atoms with E-state index in [4.69, 9.17) is 10.5 Å². The van der Waals surface area contributed by atoms with E-state index in [1.54, 1.807) is 6.92 Å². The highest BCUT2D eigenvalue weighted by Gasteiger charge is 2.22. The summed E-state index contributed by atoms with van der Waals surface area (Å²) in [5.41, 5.74) is 5.21. The fourth-order valence-corrected chi connectivity index (χ4v) is 2.59. The van der Waals surface area contributed by atoms with Crippen LogP contribution in [0.5, 0.6) is 5.88 Å². The van der Waals surface area contributed by atoms with Gasteiger partial charge in [-0.15, -0.1) is 0 Å². The highest BCUT2D eigenvalue weighted by molar-refractivity contribution is 7.11. The summed E-state index contributed by atoms with van der Waals surface area (Å²) in [5.74, 6) is -2.65. The third kappa shape index (κ3) is 3.77. The summed E-state index contributed by atoms with van der Waals surface area (Å²) in [4.78, 5) is 22.9. The van der Waals surface area contributed by atoms with Gasteiger partial charge < -0.3 is 15.8 Å². The number of anilines is 1. The van der Waals surface area contributed by atoms with Crippen LogP contribution in [0.4, 0.5) is 18.6 Å². The molecule has 0 aliphatic rings. The van der Waals surface area contributed by atoms with E-state index in [1.807, 2.05) is 0 Å². The first-order valence-corrected chi connectivity index (χ1v) is 7.46. The smallest absolute Gasteiger partial charge is 0.319 e. The van der Waals surface area contributed by atoms with Crippen LogP contribution in [0.15, 0.2) is 12.1 Å². The Labute approximate surface area is 140 Å². The van der Waals surface area contributed by atoms with Crippen LogP contribution in [0.25, 0.3) is 0 Å². The van der Waals surface area contributed by atoms with Crippen molar-refractivity contribution in [2.24, 2.45) is 5.73 Å². The summed E-state index contributed by atoms with van der Waals surface area (Å²) in [6, 6.07) is 1.75. The molecule has 3 amide bonds. The number of aromatic nitrogens is 1. The summed E-state index contributed by atoms with van der Waals surface area (Å²) >= 11 is 0.759. The van der Waals surface area contributed by atoms with Crippen LogP contribution in [0, 0.1) is 18.6 Å². The maximum Gasteiger partial charge on any atom is 0.319 e. The van der Waals surface area contributed by atoms with Crippen LogP contribution >= 0.6 is 11.5 Å². The molecule has 2 aromatic rings. The molecule has 1 heterocycles. The number of nitrogens with one attached hydrogen (secondary N) is 2. The summed E-state index contributed by atoms with van der Waals surface area (Å²) in [7, 11) is 1.39. The summed E-state index contributed by atoms with van der Waals surface area (Å²) in [5, 5.41) is 4.74. The maximum atomic E-state index is 13.8. The maximum absolute atomic E-state index is 13.8. The molecule has 4 N–H and O–H groups in total. The van der Waals surface area contributed by atoms with E-state index in [-0.39, 0.29) is 22.0 Å². The number of hydrogen-bond acceptors (Lipinski definition) is 5. The Morgan fingerprint density at radius 3 is 2.50 bits per heavy atom. The molecule has 0 aliphatic heterocycles. The second-order valence-electron chi connectivity index (χ2n) is 4.76. The molecule has 10 heteroatoms. The van der Waals surface area contributed by atoms with E-state index in [1.165, 1.54) is 7.05 Å². The molecule has 0 saturated carbocycles. The molecule has 0 unspecified atom stereocenters. The molecule has 7 nitrogen and oxygen atoms in total. The van der Waals surface area contributed by atoms with Crippen LogP contribution in [-0.2, 0) is 6.61 Å². The lowest BCUT2D eigenvalue weighted by atomic mass is 10.1. The van der Waals surface area contributed by atoms with Crippen LogP contribution in [0.1, 0.15) is 21.5 Å². The van der Waals surface area contributed by atoms with Gasteiger partial charge >= 0.3 is 6.03 Å². The Bertz CT molecular complexity index is 771. The minimum absolute atomic E-state index is 0.0710. The number of aryl methyl sites for hydroxylation is 1. The lowest BCUT2D eigenvalue weighted by Gasteiger charge is -2.08. The molecule has 0 aliphatic carbocycles. The van der Waals surface area contributed by atoms with Gasteiger partial charge in [0.15, 0.2) is 0 Å². The fraction of sp³-hybridized carbons (Fsp3) is 0.214. The number of ether oxygens (including phenoxy) is 1. The molecule has 2 rings (SSSR count). The van der Waals surface area contributed by atoms with Crippen molar-refractivity contribution in [3.05, 3.63) is 40.5 Å². The zero-order valence-corrected chi connectivity index (χ0v) is 13.6. The lowest BCUT2D eigenvalue weighted by molar-refractivity contribution is 0.0996. The average molecular weight is 356 g/mol. The SMILES string of the molecule is CNC(=O)Nc1snc(OCc2c(F)cc(C)cc2F)c1C(N)=O. The Kier molecular flexibility index (Phi) is 5.29. The number of urea groups is 1. The van der Waals surface area contributed by atoms with Crippen molar-refractivity contribution >= 4 is 28.5 Å². The minimum Gasteiger partial charge on any atom is -0.471 e. The molecule has 0 atom stereocenters. The van der Waals surface area contributed by atoms with Crippen LogP contribution in [0.2, 0.25) is 0 Å². The van der Waals surface area contributed by atoms with Gasteiger partial charge in [-0.3, -0.25) is 10.1 Å². The Hall–Kier alpha value is -2.75. The average Bonchev–Trinajstić information content (AvgIpc) is 2.88. The standard InChI is InChI=1S/C14H14F2N4O3S/c1-6-3-8(15)7(9(16)4-6)5-23-12-10(11(17)21)13(24-20-12)19-14(22)18-2/h3-4H,5H2,1-2H3,(H2,17,21)(H2,18,19,22). The zero-order chi connectivity index (χ0) is 17.9. The molecule has 128 valence electrons. The predicted molar refractivity (Wildman–Crippen MR) is 84.1 cm³/mol. The van der Waals surface area contributed by atoms with E-state index in [2.05, 4.69) is 15.0 Å². The Morgan fingerprint density at radius 1 is 1.33 bits per heavy atom. The van der Waals surface area contributed by atoms with Crippen molar-refractivity contribution in [2.75, 3.05) is 12.4 Å². The van der Waals surface area contributed by atoms with Gasteiger partial charge in [0.05, 0.1) is 5.56 Å². The summed E-state index contributed by atoms with van der Waals surface area (Å²) in [6.45, 7) is 1.07. The van der Waals surface area contributed by atoms with Gasteiger partial charge in [-0.05, 0) is 36.2 Å². The van der Waals surface area contributed by atoms with Crippen molar-refractivity contribution < 1.29 is 23.1 Å². The van der Waals surface area contributed by atoms with Gasteiger partial charge in [-0.2, -0.15) is 4.37 Å². The van der Waals surface area contributed by atoms with Gasteiger partial charge in [0.1, 0.15) is 28.8 Å². The molecule has 0 saturated heterocycles. The van der Waals surface area contributed by atoms with E-state index < -0.39 is 30.2 Å². The number of benzene rings is 1. The minimum atomic E-state index is -0.894. The normalized spacial score (nSPS) is 10.3. The molecule has 1 aromatic carbocycles. The monoisotopic (exact) mass is 356 g/mol. The van der Waals surface area contributed by atoms with Gasteiger partial charge in [0, 0.05) is 7.05 Å². The number of rotatable bonds is 5. The highest BCUT2D eigenvalue weighted by atomic mass is 32.1. The number of nitrogens with zero attached hydrogens (tertiary/aromatic N) is 1. The third-order valence-electron chi connectivity index (χ3n) is 3.00. The zero-order valence-electron chi connectivity index (χ0n) is 12.8. The van der Waals surface area contributed by atoms with Crippen molar-refractivity contribution in [3.63, 3.8) is 0 Å². The first-order chi connectivity index (χ1) is 11.3. The van der Waals surface area contributed by atoms with Crippen molar-refractivity contribution in [1.82, 2.24) is 9.69 Å². The first kappa shape index (κ1) is 17.6. The van der Waals surface area contributed by atoms with Crippen LogP contribution < -0.4 is 21.1 Å². The fourth-order valence-electron chi connectivity index (χ4n) is 1.85. The number of carbonyl (C=O) groups excluding carboxylic acids is 2. The molecular formula is C14H14F2N4O3S. The third-order valence-corrected chi connectivity index (χ3v) is 3.75. The Morgan fingerprint density at radius 2 is 1.96 bits per heavy atom. The summed E-state index contributed by atoms with van der Waals surface area (Å²) < 4.78 is 36.7. The van der Waals surface area contributed by atoms with Gasteiger partial charge in [-0.1, -0.05) is 0 Å². The number of halogens is 2. The molecule has 0 fully saturated rings. The van der Waals surface area contributed by atoms with Gasteiger partial charge in [0.25, 0.3) is 5.91 Å². The molecule has 24 heavy (non-hydrogen) atoms. The second kappa shape index (κ2) is 7.21. The molecular weight excluding hydrogens is 342 g/mol. The number of amides is 3. The number of primary amides is 1. The van der Waals surface area contributed by atoms with Gasteiger partial charge in [-0.25, -0.2) is 13.6 Å². The van der Waals surface area contributed by atoms with E-state index >= 15 is 0 Å². The number of hydrogen-bond donors (Lipinski definition) is 3. The van der Waals surface area contributed by atoms with Crippen molar-refractivity contribution in [1.29, 1.82) is 0 Å². The molecule has 0 bridgehead atoms. The largest absolute Gasteiger partial charge is 0.471 e. The van der Waals surface area contributed by atoms with Gasteiger partial charge in [0.2, 0.25) is 5.88 Å². The van der Waals surface area contributed by atoms with Crippen LogP contribution in [0.3, 0.4) is 0 Å². The first-order valence-electron chi connectivity index (χ1n) is 6.69. The summed E-state index contributed by atoms with van der Waals surface area (Å²) in [6.07, 6.45) is 0. The van der Waals surface area contributed by atoms with Crippen LogP contribution in [-0.4, -0.2) is 23.4 Å². The number of nitrogens with two attached hydrogens (primary N) is 1. The van der Waals surface area contributed by atoms with E-state index in [0.29, 0.717) is 5.56 Å². The van der Waals surface area contributed by atoms with E-state index in [0.717, 1.165) is 23.7 Å². The Balaban J connectivity index is 2.25. The number of carbonyl (C=O) groups is 2. The van der Waals surface area contributed by atoms with Crippen molar-refractivity contribution in [3.8, 4) is 5.88 Å². The van der Waals surface area contributed by atoms with E-state index in [9.17, 15) is 18.4 Å². The predicted octanol–water partition coefficient (Wildman–Crippen LogP) is 2.16. The molecule has 1 aromatic heterocycles. The quantitative estimate of drug-likeness (QED) is 0.763. The lowest BCUT2D eigenvalue weighted by Crippen LogP contribution is -2.25.